The Bertz CT molecular complexity index is 365. The molecule has 1 aliphatic heterocycles. The van der Waals surface area contributed by atoms with Crippen molar-refractivity contribution >= 4 is 6.03 Å². The molecule has 1 atom stereocenters. The number of carbonyl (C=O) groups excluding carboxylic acids is 1. The van der Waals surface area contributed by atoms with Gasteiger partial charge in [0.25, 0.3) is 0 Å². The Morgan fingerprint density at radius 3 is 2.68 bits per heavy atom. The van der Waals surface area contributed by atoms with Crippen molar-refractivity contribution in [1.82, 2.24) is 15.1 Å². The van der Waals surface area contributed by atoms with Crippen LogP contribution in [0.1, 0.15) is 27.7 Å². The summed E-state index contributed by atoms with van der Waals surface area (Å²) in [4.78, 5) is 16.0. The molecule has 1 rings (SSSR count). The predicted octanol–water partition coefficient (Wildman–Crippen LogP) is 0.496. The topological polar surface area (TPSA) is 55.8 Å². The average molecular weight is 267 g/mol. The number of piperazine rings is 1. The number of aliphatic hydroxyl groups is 1. The first-order valence-electron chi connectivity index (χ1n) is 6.72. The van der Waals surface area contributed by atoms with Gasteiger partial charge in [0, 0.05) is 32.2 Å². The predicted molar refractivity (Wildman–Crippen MR) is 75.8 cm³/mol. The largest absolute Gasteiger partial charge is 0.389 e. The molecule has 0 aliphatic carbocycles. The van der Waals surface area contributed by atoms with Gasteiger partial charge in [-0.15, -0.1) is 5.92 Å². The maximum absolute atomic E-state index is 12.0. The third kappa shape index (κ3) is 5.50. The first-order chi connectivity index (χ1) is 8.83. The average Bonchev–Trinajstić information content (AvgIpc) is 2.27. The van der Waals surface area contributed by atoms with E-state index < -0.39 is 5.60 Å². The standard InChI is InChI=1S/C14H25N3O2/c1-5-6-7-15-13(18)17-9-8-16(10-12(17)2)11-14(3,4)19/h12,19H,7-11H2,1-4H3,(H,15,18). The van der Waals surface area contributed by atoms with Gasteiger partial charge in [0.2, 0.25) is 0 Å². The minimum absolute atomic E-state index is 0.0573. The van der Waals surface area contributed by atoms with Crippen molar-refractivity contribution in [3.63, 3.8) is 0 Å². The van der Waals surface area contributed by atoms with E-state index in [0.29, 0.717) is 19.6 Å². The molecular formula is C14H25N3O2. The summed E-state index contributed by atoms with van der Waals surface area (Å²) in [6.45, 7) is 10.7. The van der Waals surface area contributed by atoms with Crippen LogP contribution in [0.25, 0.3) is 0 Å². The van der Waals surface area contributed by atoms with Crippen molar-refractivity contribution in [2.24, 2.45) is 0 Å². The molecular weight excluding hydrogens is 242 g/mol. The van der Waals surface area contributed by atoms with Crippen LogP contribution in [0.2, 0.25) is 0 Å². The Morgan fingerprint density at radius 1 is 1.47 bits per heavy atom. The zero-order valence-electron chi connectivity index (χ0n) is 12.4. The molecule has 0 spiro atoms. The number of rotatable bonds is 3. The number of nitrogens with zero attached hydrogens (tertiary/aromatic N) is 2. The molecule has 2 amide bonds. The SMILES string of the molecule is CC#CCNC(=O)N1CCN(CC(C)(C)O)CC1C. The lowest BCUT2D eigenvalue weighted by atomic mass is 10.1. The summed E-state index contributed by atoms with van der Waals surface area (Å²) in [5, 5.41) is 12.6. The lowest BCUT2D eigenvalue weighted by Gasteiger charge is -2.41. The van der Waals surface area contributed by atoms with E-state index >= 15 is 0 Å². The Morgan fingerprint density at radius 2 is 2.16 bits per heavy atom. The molecule has 1 heterocycles. The summed E-state index contributed by atoms with van der Waals surface area (Å²) in [5.41, 5.74) is -0.694. The fourth-order valence-electron chi connectivity index (χ4n) is 2.34. The van der Waals surface area contributed by atoms with E-state index in [9.17, 15) is 9.90 Å². The van der Waals surface area contributed by atoms with Gasteiger partial charge in [-0.1, -0.05) is 5.92 Å². The summed E-state index contributed by atoms with van der Waals surface area (Å²) in [7, 11) is 0. The highest BCUT2D eigenvalue weighted by Crippen LogP contribution is 2.13. The van der Waals surface area contributed by atoms with Crippen molar-refractivity contribution < 1.29 is 9.90 Å². The number of hydrogen-bond acceptors (Lipinski definition) is 3. The maximum atomic E-state index is 12.0. The highest BCUT2D eigenvalue weighted by atomic mass is 16.3. The second kappa shape index (κ2) is 6.78. The van der Waals surface area contributed by atoms with E-state index in [1.807, 2.05) is 11.8 Å². The molecule has 0 aromatic heterocycles. The molecule has 0 aromatic carbocycles. The Balaban J connectivity index is 2.44. The van der Waals surface area contributed by atoms with Crippen molar-refractivity contribution in [3.8, 4) is 11.8 Å². The van der Waals surface area contributed by atoms with E-state index in [0.717, 1.165) is 13.1 Å². The molecule has 19 heavy (non-hydrogen) atoms. The molecule has 0 radical (unpaired) electrons. The van der Waals surface area contributed by atoms with Gasteiger partial charge < -0.3 is 15.3 Å². The normalized spacial score (nSPS) is 20.7. The second-order valence-electron chi connectivity index (χ2n) is 5.68. The molecule has 108 valence electrons. The van der Waals surface area contributed by atoms with Crippen molar-refractivity contribution in [1.29, 1.82) is 0 Å². The third-order valence-corrected chi connectivity index (χ3v) is 3.09. The van der Waals surface area contributed by atoms with Gasteiger partial charge in [-0.2, -0.15) is 0 Å². The summed E-state index contributed by atoms with van der Waals surface area (Å²) >= 11 is 0. The molecule has 1 unspecified atom stereocenters. The molecule has 1 fully saturated rings. The molecule has 2 N–H and O–H groups in total. The van der Waals surface area contributed by atoms with Crippen LogP contribution in [0.15, 0.2) is 0 Å². The van der Waals surface area contributed by atoms with Crippen LogP contribution >= 0.6 is 0 Å². The molecule has 0 saturated carbocycles. The Kier molecular flexibility index (Phi) is 5.64. The summed E-state index contributed by atoms with van der Waals surface area (Å²) in [5.74, 6) is 5.57. The monoisotopic (exact) mass is 267 g/mol. The van der Waals surface area contributed by atoms with Crippen molar-refractivity contribution in [3.05, 3.63) is 0 Å². The highest BCUT2D eigenvalue weighted by Gasteiger charge is 2.29. The number of β-amino-alcohol motifs (C(OH)–C–C–N with tert-alkyl or cyclic N) is 1. The van der Waals surface area contributed by atoms with Crippen LogP contribution in [0.4, 0.5) is 4.79 Å². The summed E-state index contributed by atoms with van der Waals surface area (Å²) in [6, 6.07) is 0.0869. The molecule has 5 heteroatoms. The second-order valence-corrected chi connectivity index (χ2v) is 5.68. The zero-order chi connectivity index (χ0) is 14.5. The van der Waals surface area contributed by atoms with Crippen molar-refractivity contribution in [2.45, 2.75) is 39.3 Å². The van der Waals surface area contributed by atoms with E-state index in [-0.39, 0.29) is 12.1 Å². The Hall–Kier alpha value is -1.25. The summed E-state index contributed by atoms with van der Waals surface area (Å²) in [6.07, 6.45) is 0. The van der Waals surface area contributed by atoms with E-state index in [2.05, 4.69) is 22.1 Å². The van der Waals surface area contributed by atoms with E-state index in [1.54, 1.807) is 20.8 Å². The van der Waals surface area contributed by atoms with Crippen LogP contribution in [0, 0.1) is 11.8 Å². The molecule has 0 aromatic rings. The van der Waals surface area contributed by atoms with Crippen LogP contribution in [-0.2, 0) is 0 Å². The Labute approximate surface area is 116 Å². The van der Waals surface area contributed by atoms with Gasteiger partial charge in [-0.3, -0.25) is 4.90 Å². The lowest BCUT2D eigenvalue weighted by molar-refractivity contribution is 0.0120. The number of hydrogen-bond donors (Lipinski definition) is 2. The van der Waals surface area contributed by atoms with Crippen LogP contribution in [0.5, 0.6) is 0 Å². The van der Waals surface area contributed by atoms with Gasteiger partial charge in [0.1, 0.15) is 0 Å². The van der Waals surface area contributed by atoms with E-state index in [4.69, 9.17) is 0 Å². The van der Waals surface area contributed by atoms with Crippen LogP contribution in [0.3, 0.4) is 0 Å². The number of amides is 2. The molecule has 1 aliphatic rings. The maximum Gasteiger partial charge on any atom is 0.318 e. The number of urea groups is 1. The smallest absolute Gasteiger partial charge is 0.318 e. The quantitative estimate of drug-likeness (QED) is 0.732. The molecule has 0 bridgehead atoms. The number of carbonyl (C=O) groups is 1. The van der Waals surface area contributed by atoms with Gasteiger partial charge >= 0.3 is 6.03 Å². The first kappa shape index (κ1) is 15.8. The number of nitrogens with one attached hydrogen (secondary N) is 1. The van der Waals surface area contributed by atoms with Gasteiger partial charge in [0.05, 0.1) is 12.1 Å². The highest BCUT2D eigenvalue weighted by molar-refractivity contribution is 5.75. The molecule has 1 saturated heterocycles. The van der Waals surface area contributed by atoms with Crippen LogP contribution in [-0.4, -0.2) is 65.3 Å². The van der Waals surface area contributed by atoms with Gasteiger partial charge in [-0.05, 0) is 27.7 Å². The summed E-state index contributed by atoms with van der Waals surface area (Å²) < 4.78 is 0. The fraction of sp³-hybridized carbons (Fsp3) is 0.786. The molecule has 5 nitrogen and oxygen atoms in total. The first-order valence-corrected chi connectivity index (χ1v) is 6.72. The zero-order valence-corrected chi connectivity index (χ0v) is 12.4. The van der Waals surface area contributed by atoms with Crippen LogP contribution < -0.4 is 5.32 Å². The third-order valence-electron chi connectivity index (χ3n) is 3.09. The van der Waals surface area contributed by atoms with Crippen molar-refractivity contribution in [2.75, 3.05) is 32.7 Å². The lowest BCUT2D eigenvalue weighted by Crippen LogP contribution is -2.58. The fourth-order valence-corrected chi connectivity index (χ4v) is 2.34. The minimum atomic E-state index is -0.694. The van der Waals surface area contributed by atoms with E-state index in [1.165, 1.54) is 0 Å². The van der Waals surface area contributed by atoms with Gasteiger partial charge in [-0.25, -0.2) is 4.79 Å². The minimum Gasteiger partial charge on any atom is -0.389 e. The van der Waals surface area contributed by atoms with Gasteiger partial charge in [0.15, 0.2) is 0 Å².